The molecule has 130 valence electrons. The van der Waals surface area contributed by atoms with E-state index in [-0.39, 0.29) is 5.92 Å². The summed E-state index contributed by atoms with van der Waals surface area (Å²) in [5.74, 6) is -0.0449. The van der Waals surface area contributed by atoms with E-state index in [4.69, 9.17) is 0 Å². The highest BCUT2D eigenvalue weighted by Crippen LogP contribution is 2.33. The van der Waals surface area contributed by atoms with Gasteiger partial charge in [0.2, 0.25) is 0 Å². The monoisotopic (exact) mass is 321 g/mol. The van der Waals surface area contributed by atoms with E-state index in [2.05, 4.69) is 30.5 Å². The first-order valence-electron chi connectivity index (χ1n) is 8.93. The number of nitrogens with zero attached hydrogens (tertiary/aromatic N) is 2. The van der Waals surface area contributed by atoms with Crippen LogP contribution >= 0.6 is 0 Å². The molecule has 1 fully saturated rings. The van der Waals surface area contributed by atoms with Crippen molar-refractivity contribution in [1.82, 2.24) is 15.1 Å². The number of hydrogen-bond donors (Lipinski definition) is 2. The van der Waals surface area contributed by atoms with E-state index in [1.54, 1.807) is 0 Å². The Morgan fingerprint density at radius 1 is 1.39 bits per heavy atom. The van der Waals surface area contributed by atoms with Crippen molar-refractivity contribution < 1.29 is 9.90 Å². The molecule has 1 saturated carbocycles. The minimum absolute atomic E-state index is 0.315. The Hall–Kier alpha value is -1.36. The molecule has 2 rings (SSSR count). The fourth-order valence-electron chi connectivity index (χ4n) is 3.63. The van der Waals surface area contributed by atoms with Gasteiger partial charge < -0.3 is 10.4 Å². The van der Waals surface area contributed by atoms with Gasteiger partial charge in [-0.3, -0.25) is 9.48 Å². The minimum atomic E-state index is -0.704. The van der Waals surface area contributed by atoms with Crippen LogP contribution in [0.15, 0.2) is 6.20 Å². The maximum absolute atomic E-state index is 11.3. The lowest BCUT2D eigenvalue weighted by Gasteiger charge is -2.21. The summed E-state index contributed by atoms with van der Waals surface area (Å²) in [6.45, 7) is 5.37. The summed E-state index contributed by atoms with van der Waals surface area (Å²) in [7, 11) is 1.97. The normalized spacial score (nSPS) is 17.6. The average molecular weight is 321 g/mol. The van der Waals surface area contributed by atoms with Crippen LogP contribution in [0.3, 0.4) is 0 Å². The molecule has 5 nitrogen and oxygen atoms in total. The zero-order valence-electron chi connectivity index (χ0n) is 14.7. The van der Waals surface area contributed by atoms with Gasteiger partial charge in [0.25, 0.3) is 0 Å². The van der Waals surface area contributed by atoms with E-state index in [0.717, 1.165) is 0 Å². The lowest BCUT2D eigenvalue weighted by molar-refractivity contribution is -0.142. The summed E-state index contributed by atoms with van der Waals surface area (Å²) >= 11 is 0. The average Bonchev–Trinajstić information content (AvgIpc) is 2.87. The third kappa shape index (κ3) is 5.34. The van der Waals surface area contributed by atoms with E-state index in [1.807, 2.05) is 11.7 Å². The van der Waals surface area contributed by atoms with Crippen molar-refractivity contribution in [1.29, 1.82) is 0 Å². The molecule has 0 amide bonds. The summed E-state index contributed by atoms with van der Waals surface area (Å²) < 4.78 is 1.89. The van der Waals surface area contributed by atoms with Crippen LogP contribution in [0.25, 0.3) is 0 Å². The Bertz CT molecular complexity index is 504. The maximum Gasteiger partial charge on any atom is 0.307 e. The number of carboxylic acids is 1. The highest BCUT2D eigenvalue weighted by Gasteiger charge is 2.22. The highest BCUT2D eigenvalue weighted by atomic mass is 16.4. The Kier molecular flexibility index (Phi) is 6.63. The fraction of sp³-hybridized carbons (Fsp3) is 0.778. The number of carboxylic acid groups (broad SMARTS) is 1. The van der Waals surface area contributed by atoms with Crippen LogP contribution in [0, 0.1) is 11.8 Å². The summed E-state index contributed by atoms with van der Waals surface area (Å²) in [4.78, 5) is 11.3. The molecular weight excluding hydrogens is 290 g/mol. The van der Waals surface area contributed by atoms with Gasteiger partial charge in [-0.25, -0.2) is 0 Å². The predicted molar refractivity (Wildman–Crippen MR) is 91.3 cm³/mol. The topological polar surface area (TPSA) is 67.2 Å². The van der Waals surface area contributed by atoms with Gasteiger partial charge in [0.1, 0.15) is 0 Å². The van der Waals surface area contributed by atoms with Gasteiger partial charge in [-0.15, -0.1) is 0 Å². The van der Waals surface area contributed by atoms with Gasteiger partial charge in [0, 0.05) is 37.8 Å². The zero-order valence-corrected chi connectivity index (χ0v) is 14.7. The van der Waals surface area contributed by atoms with Gasteiger partial charge in [0.05, 0.1) is 11.6 Å². The Balaban J connectivity index is 1.93. The molecular formula is C18H31N3O2. The van der Waals surface area contributed by atoms with Gasteiger partial charge in [-0.1, -0.05) is 33.1 Å². The number of nitrogens with one attached hydrogen (secondary N) is 1. The zero-order chi connectivity index (χ0) is 16.8. The Labute approximate surface area is 139 Å². The fourth-order valence-corrected chi connectivity index (χ4v) is 3.63. The van der Waals surface area contributed by atoms with Crippen molar-refractivity contribution in [2.75, 3.05) is 6.54 Å². The lowest BCUT2D eigenvalue weighted by atomic mass is 9.85. The first kappa shape index (κ1) is 18.0. The molecule has 23 heavy (non-hydrogen) atoms. The van der Waals surface area contributed by atoms with Crippen LogP contribution in [0.4, 0.5) is 0 Å². The SMILES string of the molecule is CC(C)CC(CNCc1cn(C)nc1C1CCCCC1)C(=O)O. The molecule has 1 aliphatic rings. The predicted octanol–water partition coefficient (Wildman–Crippen LogP) is 3.30. The van der Waals surface area contributed by atoms with Gasteiger partial charge in [-0.2, -0.15) is 5.10 Å². The number of aliphatic carboxylic acids is 1. The third-order valence-electron chi connectivity index (χ3n) is 4.74. The van der Waals surface area contributed by atoms with Crippen LogP contribution in [0.1, 0.15) is 69.5 Å². The van der Waals surface area contributed by atoms with Crippen molar-refractivity contribution >= 4 is 5.97 Å². The number of hydrogen-bond acceptors (Lipinski definition) is 3. The highest BCUT2D eigenvalue weighted by molar-refractivity contribution is 5.70. The van der Waals surface area contributed by atoms with Crippen LogP contribution < -0.4 is 5.32 Å². The molecule has 0 saturated heterocycles. The van der Waals surface area contributed by atoms with Crippen LogP contribution in [-0.4, -0.2) is 27.4 Å². The number of aromatic nitrogens is 2. The van der Waals surface area contributed by atoms with Gasteiger partial charge in [-0.05, 0) is 25.2 Å². The molecule has 2 N–H and O–H groups in total. The third-order valence-corrected chi connectivity index (χ3v) is 4.74. The second kappa shape index (κ2) is 8.48. The largest absolute Gasteiger partial charge is 0.481 e. The standard InChI is InChI=1S/C18H31N3O2/c1-13(2)9-15(18(22)23)10-19-11-16-12-21(3)20-17(16)14-7-5-4-6-8-14/h12-15,19H,4-11H2,1-3H3,(H,22,23). The molecule has 1 aromatic rings. The van der Waals surface area contributed by atoms with E-state index >= 15 is 0 Å². The molecule has 1 atom stereocenters. The summed E-state index contributed by atoms with van der Waals surface area (Å²) in [6.07, 6.45) is 9.18. The molecule has 0 aromatic carbocycles. The molecule has 5 heteroatoms. The number of aryl methyl sites for hydroxylation is 1. The van der Waals surface area contributed by atoms with Crippen LogP contribution in [0.2, 0.25) is 0 Å². The molecule has 0 spiro atoms. The van der Waals surface area contributed by atoms with Crippen molar-refractivity contribution in [2.24, 2.45) is 18.9 Å². The molecule has 0 radical (unpaired) electrons. The molecule has 1 unspecified atom stereocenters. The molecule has 0 bridgehead atoms. The number of carbonyl (C=O) groups is 1. The first-order chi connectivity index (χ1) is 11.0. The van der Waals surface area contributed by atoms with Gasteiger partial charge in [0.15, 0.2) is 0 Å². The summed E-state index contributed by atoms with van der Waals surface area (Å²) in [5.41, 5.74) is 2.45. The van der Waals surface area contributed by atoms with Gasteiger partial charge >= 0.3 is 5.97 Å². The van der Waals surface area contributed by atoms with Crippen LogP contribution in [0.5, 0.6) is 0 Å². The number of rotatable bonds is 8. The summed E-state index contributed by atoms with van der Waals surface area (Å²) in [6, 6.07) is 0. The van der Waals surface area contributed by atoms with Crippen LogP contribution in [-0.2, 0) is 18.4 Å². The second-order valence-corrected chi connectivity index (χ2v) is 7.34. The van der Waals surface area contributed by atoms with Crippen molar-refractivity contribution in [3.8, 4) is 0 Å². The molecule has 1 heterocycles. The lowest BCUT2D eigenvalue weighted by Crippen LogP contribution is -2.29. The van der Waals surface area contributed by atoms with E-state index < -0.39 is 5.97 Å². The minimum Gasteiger partial charge on any atom is -0.481 e. The quantitative estimate of drug-likeness (QED) is 0.771. The van der Waals surface area contributed by atoms with Crippen molar-refractivity contribution in [3.05, 3.63) is 17.5 Å². The Morgan fingerprint density at radius 2 is 2.09 bits per heavy atom. The summed E-state index contributed by atoms with van der Waals surface area (Å²) in [5, 5.41) is 17.3. The van der Waals surface area contributed by atoms with E-state index in [1.165, 1.54) is 43.4 Å². The molecule has 1 aromatic heterocycles. The smallest absolute Gasteiger partial charge is 0.307 e. The van der Waals surface area contributed by atoms with E-state index in [0.29, 0.717) is 31.3 Å². The van der Waals surface area contributed by atoms with Crippen molar-refractivity contribution in [3.63, 3.8) is 0 Å². The first-order valence-corrected chi connectivity index (χ1v) is 8.93. The maximum atomic E-state index is 11.3. The van der Waals surface area contributed by atoms with E-state index in [9.17, 15) is 9.90 Å². The molecule has 0 aliphatic heterocycles. The Morgan fingerprint density at radius 3 is 2.70 bits per heavy atom. The van der Waals surface area contributed by atoms with Crippen molar-refractivity contribution in [2.45, 2.75) is 64.8 Å². The molecule has 1 aliphatic carbocycles. The second-order valence-electron chi connectivity index (χ2n) is 7.34.